The van der Waals surface area contributed by atoms with Gasteiger partial charge in [-0.1, -0.05) is 42.5 Å². The van der Waals surface area contributed by atoms with Gasteiger partial charge in [-0.15, -0.1) is 0 Å². The summed E-state index contributed by atoms with van der Waals surface area (Å²) >= 11 is 0. The van der Waals surface area contributed by atoms with Gasteiger partial charge in [0.25, 0.3) is 0 Å². The second kappa shape index (κ2) is 12.5. The third-order valence-corrected chi connectivity index (χ3v) is 9.93. The van der Waals surface area contributed by atoms with Crippen LogP contribution in [0.2, 0.25) is 0 Å². The lowest BCUT2D eigenvalue weighted by atomic mass is 9.68. The standard InChI is InChI=1S/C32H37F5N2O3.ClH/c33-31(34)12-9-22(10-13-31)27-15-23(21-5-2-1-3-6-21)11-14-39(27)29(40)26-16-38-18-30(26)19-41-17-24-25(30)7-4-8-28(24)42-20-32(35,36)37;/h1-8,22-23,26-27,38H,9-20H2;1H/p-1/t23-,26+,27+,30-;/m1./s1. The fourth-order valence-electron chi connectivity index (χ4n) is 7.80. The smallest absolute Gasteiger partial charge is 0.422 e. The highest BCUT2D eigenvalue weighted by Crippen LogP contribution is 2.47. The number of likely N-dealkylation sites (tertiary alicyclic amines) is 1. The molecule has 2 saturated heterocycles. The number of carbonyl (C=O) groups excluding carboxylic acids is 1. The van der Waals surface area contributed by atoms with Crippen LogP contribution in [-0.2, 0) is 21.6 Å². The number of carbonyl (C=O) groups is 1. The van der Waals surface area contributed by atoms with E-state index in [-0.39, 0.29) is 68.0 Å². The number of nitrogens with zero attached hydrogens (tertiary/aromatic N) is 1. The van der Waals surface area contributed by atoms with Crippen molar-refractivity contribution in [2.24, 2.45) is 11.8 Å². The predicted octanol–water partition coefficient (Wildman–Crippen LogP) is 3.22. The van der Waals surface area contributed by atoms with Gasteiger partial charge in [0.15, 0.2) is 6.61 Å². The van der Waals surface area contributed by atoms with Crippen LogP contribution < -0.4 is 22.5 Å². The first kappa shape index (κ1) is 32.0. The highest BCUT2D eigenvalue weighted by atomic mass is 35.5. The molecule has 1 amide bonds. The number of nitrogens with one attached hydrogen (secondary N) is 1. The number of benzene rings is 2. The first-order valence-electron chi connectivity index (χ1n) is 14.9. The van der Waals surface area contributed by atoms with Gasteiger partial charge in [-0.05, 0) is 54.7 Å². The van der Waals surface area contributed by atoms with Crippen molar-refractivity contribution >= 4 is 5.91 Å². The first-order chi connectivity index (χ1) is 20.1. The van der Waals surface area contributed by atoms with E-state index in [2.05, 4.69) is 17.4 Å². The van der Waals surface area contributed by atoms with Crippen molar-refractivity contribution in [3.63, 3.8) is 0 Å². The molecule has 0 bridgehead atoms. The summed E-state index contributed by atoms with van der Waals surface area (Å²) in [5.74, 6) is -2.85. The Kier molecular flexibility index (Phi) is 9.31. The van der Waals surface area contributed by atoms with Gasteiger partial charge in [-0.3, -0.25) is 4.79 Å². The largest absolute Gasteiger partial charge is 1.00 e. The first-order valence-corrected chi connectivity index (χ1v) is 14.9. The zero-order valence-electron chi connectivity index (χ0n) is 23.9. The summed E-state index contributed by atoms with van der Waals surface area (Å²) in [6, 6.07) is 15.1. The number of hydrogen-bond acceptors (Lipinski definition) is 4. The summed E-state index contributed by atoms with van der Waals surface area (Å²) in [7, 11) is 0. The van der Waals surface area contributed by atoms with Gasteiger partial charge in [0.1, 0.15) is 5.75 Å². The normalized spacial score (nSPS) is 29.1. The van der Waals surface area contributed by atoms with Crippen LogP contribution in [0.1, 0.15) is 61.1 Å². The van der Waals surface area contributed by atoms with Gasteiger partial charge in [0, 0.05) is 49.5 Å². The summed E-state index contributed by atoms with van der Waals surface area (Å²) in [6.45, 7) is 0.337. The monoisotopic (exact) mass is 627 g/mol. The van der Waals surface area contributed by atoms with Crippen molar-refractivity contribution < 1.29 is 48.6 Å². The molecule has 0 unspecified atom stereocenters. The summed E-state index contributed by atoms with van der Waals surface area (Å²) in [6.07, 6.45) is -2.54. The zero-order valence-corrected chi connectivity index (χ0v) is 24.6. The lowest BCUT2D eigenvalue weighted by molar-refractivity contribution is -0.153. The Balaban J connectivity index is 0.00000368. The van der Waals surface area contributed by atoms with Crippen molar-refractivity contribution in [3.8, 4) is 5.75 Å². The van der Waals surface area contributed by atoms with E-state index >= 15 is 0 Å². The van der Waals surface area contributed by atoms with Crippen LogP contribution in [0.3, 0.4) is 0 Å². The number of halogens is 6. The quantitative estimate of drug-likeness (QED) is 0.518. The summed E-state index contributed by atoms with van der Waals surface area (Å²) in [5.41, 5.74) is 1.77. The predicted molar refractivity (Wildman–Crippen MR) is 147 cm³/mol. The second-order valence-corrected chi connectivity index (χ2v) is 12.4. The second-order valence-electron chi connectivity index (χ2n) is 12.4. The van der Waals surface area contributed by atoms with Crippen LogP contribution in [0.15, 0.2) is 48.5 Å². The van der Waals surface area contributed by atoms with Gasteiger partial charge in [-0.25, -0.2) is 8.78 Å². The molecule has 1 aliphatic carbocycles. The summed E-state index contributed by atoms with van der Waals surface area (Å²) in [5, 5.41) is 3.36. The number of hydrogen-bond donors (Lipinski definition) is 1. The van der Waals surface area contributed by atoms with Crippen LogP contribution in [0.5, 0.6) is 5.75 Å². The number of fused-ring (bicyclic) bond motifs is 2. The number of piperidine rings is 1. The van der Waals surface area contributed by atoms with Crippen molar-refractivity contribution in [1.82, 2.24) is 10.2 Å². The van der Waals surface area contributed by atoms with Gasteiger partial charge in [-0.2, -0.15) is 13.2 Å². The highest BCUT2D eigenvalue weighted by Gasteiger charge is 2.54. The molecule has 2 aromatic carbocycles. The number of ether oxygens (including phenoxy) is 2. The maximum Gasteiger partial charge on any atom is 0.422 e. The van der Waals surface area contributed by atoms with Crippen molar-refractivity contribution in [3.05, 3.63) is 65.2 Å². The highest BCUT2D eigenvalue weighted by molar-refractivity contribution is 5.82. The minimum Gasteiger partial charge on any atom is -1.00 e. The van der Waals surface area contributed by atoms with Crippen LogP contribution in [-0.4, -0.2) is 61.8 Å². The molecule has 5 nitrogen and oxygen atoms in total. The van der Waals surface area contributed by atoms with E-state index in [1.54, 1.807) is 6.07 Å². The van der Waals surface area contributed by atoms with E-state index in [0.717, 1.165) is 18.4 Å². The summed E-state index contributed by atoms with van der Waals surface area (Å²) in [4.78, 5) is 16.5. The number of alkyl halides is 5. The molecule has 6 rings (SSSR count). The molecule has 0 radical (unpaired) electrons. The fourth-order valence-corrected chi connectivity index (χ4v) is 7.80. The van der Waals surface area contributed by atoms with Crippen LogP contribution in [0, 0.1) is 11.8 Å². The van der Waals surface area contributed by atoms with E-state index in [0.29, 0.717) is 38.0 Å². The van der Waals surface area contributed by atoms with E-state index in [4.69, 9.17) is 9.47 Å². The number of rotatable bonds is 5. The van der Waals surface area contributed by atoms with Crippen LogP contribution in [0.4, 0.5) is 22.0 Å². The van der Waals surface area contributed by atoms with E-state index in [1.807, 2.05) is 29.2 Å². The minimum absolute atomic E-state index is 0. The lowest BCUT2D eigenvalue weighted by Crippen LogP contribution is -3.00. The molecule has 236 valence electrons. The molecule has 4 aliphatic rings. The molecular formula is C32H37ClF5N2O3-. The molecule has 3 heterocycles. The Bertz CT molecular complexity index is 1270. The van der Waals surface area contributed by atoms with E-state index in [1.165, 1.54) is 11.6 Å². The van der Waals surface area contributed by atoms with Crippen molar-refractivity contribution in [2.45, 2.75) is 74.6 Å². The Morgan fingerprint density at radius 3 is 2.51 bits per heavy atom. The molecule has 1 N–H and O–H groups in total. The van der Waals surface area contributed by atoms with Crippen LogP contribution in [0.25, 0.3) is 0 Å². The van der Waals surface area contributed by atoms with E-state index in [9.17, 15) is 26.7 Å². The van der Waals surface area contributed by atoms with Crippen molar-refractivity contribution in [1.29, 1.82) is 0 Å². The van der Waals surface area contributed by atoms with Crippen molar-refractivity contribution in [2.75, 3.05) is 32.8 Å². The maximum atomic E-state index is 14.6. The molecule has 2 aromatic rings. The van der Waals surface area contributed by atoms with Gasteiger partial charge in [0.05, 0.1) is 19.1 Å². The lowest BCUT2D eigenvalue weighted by Gasteiger charge is -2.48. The molecule has 3 fully saturated rings. The SMILES string of the molecule is O=C([C@@H]1CNC[C@]12COCc1c(OCC(F)(F)F)cccc12)N1CC[C@@H](c2ccccc2)C[C@H]1C1CCC(F)(F)CC1.[Cl-]. The molecule has 1 saturated carbocycles. The molecule has 3 aliphatic heterocycles. The molecule has 4 atom stereocenters. The molecular weight excluding hydrogens is 591 g/mol. The average Bonchev–Trinajstić information content (AvgIpc) is 3.39. The Morgan fingerprint density at radius 2 is 1.79 bits per heavy atom. The molecule has 0 aromatic heterocycles. The fraction of sp³-hybridized carbons (Fsp3) is 0.594. The maximum absolute atomic E-state index is 14.6. The number of amides is 1. The molecule has 1 spiro atoms. The average molecular weight is 628 g/mol. The van der Waals surface area contributed by atoms with Gasteiger partial charge >= 0.3 is 6.18 Å². The molecule has 43 heavy (non-hydrogen) atoms. The topological polar surface area (TPSA) is 50.8 Å². The molecule has 11 heteroatoms. The third kappa shape index (κ3) is 6.52. The minimum atomic E-state index is -4.48. The van der Waals surface area contributed by atoms with Gasteiger partial charge < -0.3 is 32.1 Å². The van der Waals surface area contributed by atoms with Gasteiger partial charge in [0.2, 0.25) is 11.8 Å². The van der Waals surface area contributed by atoms with E-state index < -0.39 is 30.0 Å². The third-order valence-electron chi connectivity index (χ3n) is 9.93. The Labute approximate surface area is 254 Å². The summed E-state index contributed by atoms with van der Waals surface area (Å²) < 4.78 is 78.3. The Hall–Kier alpha value is -2.43. The van der Waals surface area contributed by atoms with Crippen LogP contribution >= 0.6 is 0 Å². The zero-order chi connectivity index (χ0) is 29.5. The Morgan fingerprint density at radius 1 is 1.05 bits per heavy atom.